The standard InChI is InChI=1S/C15H13BrF3N/c1-20-14(8-9-4-2-3-5-11(9)16)10-6-12(17)15(19)13(18)7-10/h2-7,14,20H,8H2,1H3. The lowest BCUT2D eigenvalue weighted by molar-refractivity contribution is 0.441. The van der Waals surface area contributed by atoms with Gasteiger partial charge in [-0.1, -0.05) is 34.1 Å². The van der Waals surface area contributed by atoms with Crippen molar-refractivity contribution < 1.29 is 13.2 Å². The van der Waals surface area contributed by atoms with Gasteiger partial charge in [0.25, 0.3) is 0 Å². The van der Waals surface area contributed by atoms with E-state index in [1.807, 2.05) is 24.3 Å². The van der Waals surface area contributed by atoms with Crippen LogP contribution >= 0.6 is 15.9 Å². The Bertz CT molecular complexity index is 593. The molecule has 5 heteroatoms. The SMILES string of the molecule is CNC(Cc1ccccc1Br)c1cc(F)c(F)c(F)c1. The third kappa shape index (κ3) is 3.22. The molecule has 2 aromatic carbocycles. The van der Waals surface area contributed by atoms with E-state index in [1.54, 1.807) is 7.05 Å². The zero-order chi connectivity index (χ0) is 14.7. The van der Waals surface area contributed by atoms with E-state index < -0.39 is 17.5 Å². The topological polar surface area (TPSA) is 12.0 Å². The van der Waals surface area contributed by atoms with Crippen molar-refractivity contribution in [3.8, 4) is 0 Å². The molecule has 106 valence electrons. The molecule has 0 bridgehead atoms. The highest BCUT2D eigenvalue weighted by molar-refractivity contribution is 9.10. The van der Waals surface area contributed by atoms with Gasteiger partial charge in [-0.05, 0) is 42.8 Å². The Hall–Kier alpha value is -1.33. The van der Waals surface area contributed by atoms with Gasteiger partial charge in [0.15, 0.2) is 17.5 Å². The summed E-state index contributed by atoms with van der Waals surface area (Å²) in [6.45, 7) is 0. The van der Waals surface area contributed by atoms with Crippen LogP contribution in [0.1, 0.15) is 17.2 Å². The summed E-state index contributed by atoms with van der Waals surface area (Å²) in [4.78, 5) is 0. The van der Waals surface area contributed by atoms with Gasteiger partial charge in [0.2, 0.25) is 0 Å². The van der Waals surface area contributed by atoms with Crippen molar-refractivity contribution in [2.24, 2.45) is 0 Å². The van der Waals surface area contributed by atoms with Gasteiger partial charge in [-0.2, -0.15) is 0 Å². The summed E-state index contributed by atoms with van der Waals surface area (Å²) in [5.74, 6) is -3.79. The number of halogens is 4. The average Bonchev–Trinajstić information content (AvgIpc) is 2.43. The first-order valence-corrected chi connectivity index (χ1v) is 6.87. The summed E-state index contributed by atoms with van der Waals surface area (Å²) in [7, 11) is 1.70. The minimum absolute atomic E-state index is 0.307. The smallest absolute Gasteiger partial charge is 0.194 e. The van der Waals surface area contributed by atoms with Crippen LogP contribution in [0.15, 0.2) is 40.9 Å². The van der Waals surface area contributed by atoms with Crippen molar-refractivity contribution in [2.45, 2.75) is 12.5 Å². The number of likely N-dealkylation sites (N-methyl/N-ethyl adjacent to an activating group) is 1. The summed E-state index contributed by atoms with van der Waals surface area (Å²) in [5, 5.41) is 2.99. The van der Waals surface area contributed by atoms with Gasteiger partial charge < -0.3 is 5.32 Å². The van der Waals surface area contributed by atoms with E-state index in [1.165, 1.54) is 0 Å². The maximum atomic E-state index is 13.3. The zero-order valence-corrected chi connectivity index (χ0v) is 12.3. The summed E-state index contributed by atoms with van der Waals surface area (Å²) < 4.78 is 40.5. The predicted molar refractivity (Wildman–Crippen MR) is 76.0 cm³/mol. The number of hydrogen-bond donors (Lipinski definition) is 1. The fraction of sp³-hybridized carbons (Fsp3) is 0.200. The van der Waals surface area contributed by atoms with Crippen molar-refractivity contribution >= 4 is 15.9 Å². The molecule has 0 spiro atoms. The second-order valence-electron chi connectivity index (χ2n) is 4.44. The molecular weight excluding hydrogens is 331 g/mol. The number of rotatable bonds is 4. The Kier molecular flexibility index (Phi) is 4.83. The molecule has 1 nitrogen and oxygen atoms in total. The largest absolute Gasteiger partial charge is 0.313 e. The van der Waals surface area contributed by atoms with Gasteiger partial charge in [-0.25, -0.2) is 13.2 Å². The quantitative estimate of drug-likeness (QED) is 0.813. The highest BCUT2D eigenvalue weighted by Crippen LogP contribution is 2.25. The Labute approximate surface area is 123 Å². The maximum Gasteiger partial charge on any atom is 0.194 e. The molecule has 0 radical (unpaired) electrons. The lowest BCUT2D eigenvalue weighted by atomic mass is 9.98. The molecule has 0 aliphatic heterocycles. The van der Waals surface area contributed by atoms with Crippen molar-refractivity contribution in [3.63, 3.8) is 0 Å². The highest BCUT2D eigenvalue weighted by atomic mass is 79.9. The van der Waals surface area contributed by atoms with Crippen LogP contribution in [0.5, 0.6) is 0 Å². The van der Waals surface area contributed by atoms with Crippen LogP contribution < -0.4 is 5.32 Å². The molecule has 0 aliphatic carbocycles. The van der Waals surface area contributed by atoms with Crippen LogP contribution in [0.25, 0.3) is 0 Å². The third-order valence-corrected chi connectivity index (χ3v) is 3.91. The van der Waals surface area contributed by atoms with E-state index in [2.05, 4.69) is 21.2 Å². The fourth-order valence-electron chi connectivity index (χ4n) is 2.05. The summed E-state index contributed by atoms with van der Waals surface area (Å²) in [5.41, 5.74) is 1.37. The van der Waals surface area contributed by atoms with Crippen LogP contribution in [0.2, 0.25) is 0 Å². The van der Waals surface area contributed by atoms with Gasteiger partial charge in [0.1, 0.15) is 0 Å². The van der Waals surface area contributed by atoms with E-state index in [9.17, 15) is 13.2 Å². The molecule has 0 aromatic heterocycles. The molecule has 0 aliphatic rings. The molecule has 0 saturated heterocycles. The van der Waals surface area contributed by atoms with E-state index in [0.29, 0.717) is 12.0 Å². The van der Waals surface area contributed by atoms with Crippen LogP contribution in [0.3, 0.4) is 0 Å². The molecule has 0 amide bonds. The van der Waals surface area contributed by atoms with Gasteiger partial charge in [-0.3, -0.25) is 0 Å². The van der Waals surface area contributed by atoms with Gasteiger partial charge >= 0.3 is 0 Å². The van der Waals surface area contributed by atoms with Gasteiger partial charge in [0, 0.05) is 10.5 Å². The molecule has 20 heavy (non-hydrogen) atoms. The fourth-order valence-corrected chi connectivity index (χ4v) is 2.49. The molecule has 0 fully saturated rings. The molecule has 1 unspecified atom stereocenters. The Morgan fingerprint density at radius 3 is 2.25 bits per heavy atom. The molecule has 1 N–H and O–H groups in total. The minimum atomic E-state index is -1.44. The van der Waals surface area contributed by atoms with E-state index in [4.69, 9.17) is 0 Å². The van der Waals surface area contributed by atoms with E-state index in [0.717, 1.165) is 22.2 Å². The normalized spacial score (nSPS) is 12.4. The predicted octanol–water partition coefficient (Wildman–Crippen LogP) is 4.37. The van der Waals surface area contributed by atoms with Crippen LogP contribution in [0, 0.1) is 17.5 Å². The van der Waals surface area contributed by atoms with Crippen LogP contribution in [-0.2, 0) is 6.42 Å². The molecule has 0 heterocycles. The third-order valence-electron chi connectivity index (χ3n) is 3.14. The van der Waals surface area contributed by atoms with Gasteiger partial charge in [-0.15, -0.1) is 0 Å². The molecule has 2 aromatic rings. The van der Waals surface area contributed by atoms with E-state index in [-0.39, 0.29) is 6.04 Å². The van der Waals surface area contributed by atoms with Crippen molar-refractivity contribution in [3.05, 3.63) is 69.4 Å². The van der Waals surface area contributed by atoms with Crippen molar-refractivity contribution in [1.82, 2.24) is 5.32 Å². The van der Waals surface area contributed by atoms with Crippen molar-refractivity contribution in [1.29, 1.82) is 0 Å². The maximum absolute atomic E-state index is 13.3. The second kappa shape index (κ2) is 6.41. The summed E-state index contributed by atoms with van der Waals surface area (Å²) in [6, 6.07) is 9.33. The first-order chi connectivity index (χ1) is 9.52. The lowest BCUT2D eigenvalue weighted by Crippen LogP contribution is -2.19. The first kappa shape index (κ1) is 15.1. The number of benzene rings is 2. The molecule has 0 saturated carbocycles. The molecule has 1 atom stereocenters. The van der Waals surface area contributed by atoms with Crippen LogP contribution in [0.4, 0.5) is 13.2 Å². The highest BCUT2D eigenvalue weighted by Gasteiger charge is 2.17. The number of hydrogen-bond acceptors (Lipinski definition) is 1. The number of nitrogens with one attached hydrogen (secondary N) is 1. The Morgan fingerprint density at radius 2 is 1.70 bits per heavy atom. The molecule has 2 rings (SSSR count). The lowest BCUT2D eigenvalue weighted by Gasteiger charge is -2.18. The zero-order valence-electron chi connectivity index (χ0n) is 10.8. The summed E-state index contributed by atoms with van der Waals surface area (Å²) >= 11 is 3.43. The average molecular weight is 344 g/mol. The Morgan fingerprint density at radius 1 is 1.10 bits per heavy atom. The minimum Gasteiger partial charge on any atom is -0.313 e. The van der Waals surface area contributed by atoms with Gasteiger partial charge in [0.05, 0.1) is 0 Å². The monoisotopic (exact) mass is 343 g/mol. The summed E-state index contributed by atoms with van der Waals surface area (Å²) in [6.07, 6.45) is 0.530. The second-order valence-corrected chi connectivity index (χ2v) is 5.29. The Balaban J connectivity index is 2.31. The van der Waals surface area contributed by atoms with Crippen LogP contribution in [-0.4, -0.2) is 7.05 Å². The van der Waals surface area contributed by atoms with Crippen molar-refractivity contribution in [2.75, 3.05) is 7.05 Å². The molecular formula is C15H13BrF3N. The first-order valence-electron chi connectivity index (χ1n) is 6.08. The van der Waals surface area contributed by atoms with E-state index >= 15 is 0 Å².